The number of hydrogen-bond donors (Lipinski definition) is 0. The van der Waals surface area contributed by atoms with Crippen LogP contribution in [0.25, 0.3) is 6.08 Å². The molecule has 0 radical (unpaired) electrons. The smallest absolute Gasteiger partial charge is 1.00 e. The van der Waals surface area contributed by atoms with Gasteiger partial charge in [-0.2, -0.15) is 0 Å². The Morgan fingerprint density at radius 3 is 2.24 bits per heavy atom. The van der Waals surface area contributed by atoms with Crippen LogP contribution in [0.15, 0.2) is 64.1 Å². The number of hydrogen-bond acceptors (Lipinski definition) is 1. The van der Waals surface area contributed by atoms with E-state index in [2.05, 4.69) is 102 Å². The third kappa shape index (κ3) is 6.73. The molecule has 29 heavy (non-hydrogen) atoms. The van der Waals surface area contributed by atoms with E-state index < -0.39 is 0 Å². The molecule has 0 spiro atoms. The van der Waals surface area contributed by atoms with E-state index in [1.165, 1.54) is 16.7 Å². The van der Waals surface area contributed by atoms with Gasteiger partial charge >= 0.3 is 26.2 Å². The van der Waals surface area contributed by atoms with Gasteiger partial charge in [-0.25, -0.2) is 0 Å². The van der Waals surface area contributed by atoms with Crippen LogP contribution in [0.5, 0.6) is 0 Å². The molecule has 2 unspecified atom stereocenters. The molecule has 0 aromatic heterocycles. The first-order valence-corrected chi connectivity index (χ1v) is 10.8. The van der Waals surface area contributed by atoms with E-state index in [0.717, 1.165) is 12.3 Å². The minimum atomic E-state index is 0. The summed E-state index contributed by atoms with van der Waals surface area (Å²) in [6.07, 6.45) is 10.3. The second-order valence-corrected chi connectivity index (χ2v) is 9.63. The van der Waals surface area contributed by atoms with Crippen LogP contribution in [0, 0.1) is 17.8 Å². The Hall–Kier alpha value is -0.00688. The zero-order valence-electron chi connectivity index (χ0n) is 18.3. The van der Waals surface area contributed by atoms with Gasteiger partial charge in [-0.1, -0.05) is 87.4 Å². The number of rotatable bonds is 2. The van der Waals surface area contributed by atoms with Crippen LogP contribution in [0.4, 0.5) is 0 Å². The Balaban J connectivity index is 0.000000494. The summed E-state index contributed by atoms with van der Waals surface area (Å²) in [5, 5.41) is 0.709. The topological polar surface area (TPSA) is 0 Å². The Kier molecular flexibility index (Phi) is 12.7. The summed E-state index contributed by atoms with van der Waals surface area (Å²) < 4.78 is 0. The molecule has 4 rings (SSSR count). The Labute approximate surface area is 213 Å². The average Bonchev–Trinajstić information content (AvgIpc) is 3.28. The zero-order chi connectivity index (χ0) is 18.8. The van der Waals surface area contributed by atoms with Crippen molar-refractivity contribution < 1.29 is 51.0 Å². The van der Waals surface area contributed by atoms with Crippen molar-refractivity contribution >= 4 is 17.8 Å². The largest absolute Gasteiger partial charge is 2.00 e. The molecule has 3 aliphatic rings. The molecular formula is C25H32Cl2SZr. The van der Waals surface area contributed by atoms with Crippen molar-refractivity contribution in [3.63, 3.8) is 0 Å². The maximum Gasteiger partial charge on any atom is 2.00 e. The molecule has 1 heterocycles. The van der Waals surface area contributed by atoms with E-state index in [9.17, 15) is 0 Å². The summed E-state index contributed by atoms with van der Waals surface area (Å²) in [6, 6.07) is 8.65. The molecule has 1 saturated heterocycles. The predicted octanol–water partition coefficient (Wildman–Crippen LogP) is 1.45. The van der Waals surface area contributed by atoms with Crippen molar-refractivity contribution in [3.05, 3.63) is 75.2 Å². The summed E-state index contributed by atoms with van der Waals surface area (Å²) in [7, 11) is 0. The third-order valence-electron chi connectivity index (χ3n) is 5.49. The van der Waals surface area contributed by atoms with Crippen LogP contribution < -0.4 is 24.8 Å². The second kappa shape index (κ2) is 12.8. The van der Waals surface area contributed by atoms with Gasteiger partial charge in [-0.15, -0.1) is 11.8 Å². The van der Waals surface area contributed by atoms with Crippen molar-refractivity contribution in [1.29, 1.82) is 0 Å². The molecule has 2 atom stereocenters. The van der Waals surface area contributed by atoms with Gasteiger partial charge in [0, 0.05) is 11.2 Å². The maximum absolute atomic E-state index is 2.34. The minimum Gasteiger partial charge on any atom is -1.00 e. The quantitative estimate of drug-likeness (QED) is 0.526. The molecule has 1 aromatic carbocycles. The Morgan fingerprint density at radius 1 is 1.03 bits per heavy atom. The minimum absolute atomic E-state index is 0. The first-order valence-electron chi connectivity index (χ1n) is 9.89. The standard InChI is InChI=1S/C13H18S.C12H14.2ClH.Zr/c1-8(2)12-10-6-5-7-11(10)14-13(12)9(3)4;1-9(2)12-7-10-5-3-4-6-11(10)8-12;;;/h5-7,9-10,13H,1-4H3;3-7,9H,8H2,1-2H3;2*1H;/q;;;;+2/p-2. The van der Waals surface area contributed by atoms with E-state index >= 15 is 0 Å². The fourth-order valence-corrected chi connectivity index (χ4v) is 5.57. The molecule has 4 heteroatoms. The first kappa shape index (κ1) is 29.0. The molecule has 1 aliphatic heterocycles. The van der Waals surface area contributed by atoms with E-state index in [4.69, 9.17) is 0 Å². The molecule has 0 bridgehead atoms. The summed E-state index contributed by atoms with van der Waals surface area (Å²) >= 11 is 2.07. The molecule has 0 saturated carbocycles. The maximum atomic E-state index is 2.34. The van der Waals surface area contributed by atoms with Gasteiger partial charge in [-0.3, -0.25) is 0 Å². The van der Waals surface area contributed by atoms with Crippen molar-refractivity contribution in [1.82, 2.24) is 0 Å². The van der Waals surface area contributed by atoms with Gasteiger partial charge in [0.1, 0.15) is 0 Å². The summed E-state index contributed by atoms with van der Waals surface area (Å²) in [6.45, 7) is 13.7. The van der Waals surface area contributed by atoms with Gasteiger partial charge in [0.15, 0.2) is 0 Å². The average molecular weight is 527 g/mol. The van der Waals surface area contributed by atoms with Crippen LogP contribution in [-0.4, -0.2) is 5.25 Å². The van der Waals surface area contributed by atoms with Crippen LogP contribution in [0.2, 0.25) is 0 Å². The monoisotopic (exact) mass is 524 g/mol. The second-order valence-electron chi connectivity index (χ2n) is 8.42. The Bertz CT molecular complexity index is 799. The van der Waals surface area contributed by atoms with Crippen LogP contribution in [0.1, 0.15) is 52.7 Å². The van der Waals surface area contributed by atoms with Crippen molar-refractivity contribution in [2.24, 2.45) is 17.8 Å². The van der Waals surface area contributed by atoms with Crippen molar-refractivity contribution in [2.75, 3.05) is 0 Å². The molecule has 156 valence electrons. The molecule has 1 fully saturated rings. The number of thioether (sulfide) groups is 1. The molecular weight excluding hydrogens is 494 g/mol. The van der Waals surface area contributed by atoms with E-state index in [-0.39, 0.29) is 51.0 Å². The fourth-order valence-electron chi connectivity index (χ4n) is 3.98. The van der Waals surface area contributed by atoms with Gasteiger partial charge in [-0.05, 0) is 53.7 Å². The third-order valence-corrected chi connectivity index (χ3v) is 7.20. The van der Waals surface area contributed by atoms with Crippen molar-refractivity contribution in [2.45, 2.75) is 53.2 Å². The van der Waals surface area contributed by atoms with E-state index in [1.54, 1.807) is 16.1 Å². The predicted molar refractivity (Wildman–Crippen MR) is 118 cm³/mol. The van der Waals surface area contributed by atoms with Gasteiger partial charge in [0.2, 0.25) is 0 Å². The SMILES string of the molecule is CC(C)=C1C2C=CC=C2SC1C(C)C.CC(C)C1=Cc2ccccc2C1.[Cl-].[Cl-].[Zr+2]. The normalized spacial score (nSPS) is 20.5. The number of halogens is 2. The number of allylic oxidation sites excluding steroid dienone is 6. The van der Waals surface area contributed by atoms with Crippen LogP contribution in [0.3, 0.4) is 0 Å². The summed E-state index contributed by atoms with van der Waals surface area (Å²) in [5.41, 5.74) is 7.64. The zero-order valence-corrected chi connectivity index (χ0v) is 23.1. The Morgan fingerprint density at radius 2 is 1.69 bits per heavy atom. The molecule has 2 aliphatic carbocycles. The van der Waals surface area contributed by atoms with Gasteiger partial charge in [0.05, 0.1) is 0 Å². The van der Waals surface area contributed by atoms with Crippen molar-refractivity contribution in [3.8, 4) is 0 Å². The van der Waals surface area contributed by atoms with Crippen LogP contribution in [-0.2, 0) is 32.6 Å². The molecule has 0 N–H and O–H groups in total. The van der Waals surface area contributed by atoms with E-state index in [0.29, 0.717) is 17.1 Å². The fraction of sp³-hybridized carbons (Fsp3) is 0.440. The molecule has 1 aromatic rings. The van der Waals surface area contributed by atoms with Crippen LogP contribution >= 0.6 is 11.8 Å². The van der Waals surface area contributed by atoms with Gasteiger partial charge < -0.3 is 24.8 Å². The molecule has 0 amide bonds. The summed E-state index contributed by atoms with van der Waals surface area (Å²) in [4.78, 5) is 1.56. The number of benzene rings is 1. The first-order chi connectivity index (χ1) is 12.4. The summed E-state index contributed by atoms with van der Waals surface area (Å²) in [5.74, 6) is 2.06. The van der Waals surface area contributed by atoms with E-state index in [1.807, 2.05) is 0 Å². The van der Waals surface area contributed by atoms with Gasteiger partial charge in [0.25, 0.3) is 0 Å². The number of fused-ring (bicyclic) bond motifs is 2. The molecule has 0 nitrogen and oxygen atoms in total.